The number of aliphatic imine (C=N–C) groups is 1. The average Bonchev–Trinajstić information content (AvgIpc) is 3.80. The molecule has 0 radical (unpaired) electrons. The van der Waals surface area contributed by atoms with Gasteiger partial charge in [-0.05, 0) is 91.5 Å². The monoisotopic (exact) mass is 469 g/mol. The molecule has 0 bridgehead atoms. The number of unbranched alkanes of at least 4 members (excludes halogenated alkanes) is 1. The zero-order valence-electron chi connectivity index (χ0n) is 22.1. The van der Waals surface area contributed by atoms with E-state index in [0.717, 1.165) is 42.9 Å². The van der Waals surface area contributed by atoms with Crippen molar-refractivity contribution in [3.05, 3.63) is 69.8 Å². The molecule has 3 heteroatoms. The van der Waals surface area contributed by atoms with Crippen LogP contribution in [0.1, 0.15) is 106 Å². The minimum Gasteiger partial charge on any atom is -0.381 e. The predicted octanol–water partition coefficient (Wildman–Crippen LogP) is 8.00. The molecule has 5 rings (SSSR count). The first-order valence-corrected chi connectivity index (χ1v) is 14.1. The summed E-state index contributed by atoms with van der Waals surface area (Å²) < 4.78 is 0. The van der Waals surface area contributed by atoms with Crippen LogP contribution in [0.4, 0.5) is 5.69 Å². The van der Waals surface area contributed by atoms with Crippen molar-refractivity contribution in [3.63, 3.8) is 0 Å². The number of aryl methyl sites for hydroxylation is 1. The summed E-state index contributed by atoms with van der Waals surface area (Å²) in [4.78, 5) is 4.94. The zero-order chi connectivity index (χ0) is 24.2. The summed E-state index contributed by atoms with van der Waals surface area (Å²) >= 11 is 0. The Morgan fingerprint density at radius 1 is 0.886 bits per heavy atom. The molecule has 2 fully saturated rings. The fourth-order valence-corrected chi connectivity index (χ4v) is 5.36. The Kier molecular flexibility index (Phi) is 7.60. The van der Waals surface area contributed by atoms with Gasteiger partial charge in [0.25, 0.3) is 0 Å². The van der Waals surface area contributed by atoms with Gasteiger partial charge >= 0.3 is 0 Å². The van der Waals surface area contributed by atoms with Crippen molar-refractivity contribution in [1.29, 1.82) is 0 Å². The second kappa shape index (κ2) is 11.0. The first-order chi connectivity index (χ1) is 17.2. The van der Waals surface area contributed by atoms with Crippen molar-refractivity contribution >= 4 is 17.2 Å². The maximum absolute atomic E-state index is 4.94. The highest BCUT2D eigenvalue weighted by Crippen LogP contribution is 2.45. The fraction of sp³-hybridized carbons (Fsp3) is 0.531. The Morgan fingerprint density at radius 2 is 1.69 bits per heavy atom. The van der Waals surface area contributed by atoms with Crippen LogP contribution < -0.4 is 10.6 Å². The lowest BCUT2D eigenvalue weighted by Crippen LogP contribution is -2.24. The van der Waals surface area contributed by atoms with Gasteiger partial charge in [0.15, 0.2) is 0 Å². The fourth-order valence-electron chi connectivity index (χ4n) is 5.36. The van der Waals surface area contributed by atoms with E-state index in [-0.39, 0.29) is 0 Å². The molecule has 1 heterocycles. The van der Waals surface area contributed by atoms with Gasteiger partial charge in [0.2, 0.25) is 0 Å². The molecule has 186 valence electrons. The van der Waals surface area contributed by atoms with Crippen LogP contribution in [0.3, 0.4) is 0 Å². The average molecular weight is 470 g/mol. The summed E-state index contributed by atoms with van der Waals surface area (Å²) in [5, 5.41) is 7.48. The molecule has 0 spiro atoms. The van der Waals surface area contributed by atoms with Crippen molar-refractivity contribution in [2.24, 2.45) is 10.9 Å². The Balaban J connectivity index is 1.29. The third-order valence-corrected chi connectivity index (χ3v) is 7.83. The van der Waals surface area contributed by atoms with E-state index < -0.39 is 0 Å². The Bertz CT molecular complexity index is 1080. The molecule has 1 aliphatic heterocycles. The molecule has 0 saturated heterocycles. The number of anilines is 1. The Labute approximate surface area is 212 Å². The molecule has 2 aromatic carbocycles. The summed E-state index contributed by atoms with van der Waals surface area (Å²) in [6.07, 6.45) is 12.5. The van der Waals surface area contributed by atoms with Gasteiger partial charge in [-0.1, -0.05) is 63.1 Å². The third-order valence-electron chi connectivity index (χ3n) is 7.83. The van der Waals surface area contributed by atoms with Gasteiger partial charge in [0.1, 0.15) is 5.84 Å². The molecule has 2 aliphatic carbocycles. The van der Waals surface area contributed by atoms with Gasteiger partial charge in [-0.3, -0.25) is 0 Å². The lowest BCUT2D eigenvalue weighted by atomic mass is 9.92. The van der Waals surface area contributed by atoms with E-state index in [2.05, 4.69) is 67.8 Å². The van der Waals surface area contributed by atoms with E-state index in [4.69, 9.17) is 4.99 Å². The lowest BCUT2D eigenvalue weighted by Gasteiger charge is -2.20. The lowest BCUT2D eigenvalue weighted by molar-refractivity contribution is 0.767. The van der Waals surface area contributed by atoms with Crippen LogP contribution in [-0.4, -0.2) is 12.4 Å². The summed E-state index contributed by atoms with van der Waals surface area (Å²) in [5.41, 5.74) is 11.2. The first kappa shape index (κ1) is 24.2. The van der Waals surface area contributed by atoms with Gasteiger partial charge in [-0.2, -0.15) is 0 Å². The predicted molar refractivity (Wildman–Crippen MR) is 150 cm³/mol. The molecule has 0 unspecified atom stereocenters. The van der Waals surface area contributed by atoms with Crippen molar-refractivity contribution in [2.45, 2.75) is 97.4 Å². The molecule has 0 atom stereocenters. The number of rotatable bonds is 12. The van der Waals surface area contributed by atoms with E-state index in [1.54, 1.807) is 16.7 Å². The highest BCUT2D eigenvalue weighted by molar-refractivity contribution is 5.96. The Hall–Kier alpha value is -2.55. The molecular weight excluding hydrogens is 426 g/mol. The SMILES string of the molecule is CCCCc1ccc(C2CC2)c(NCc2ccc(C3=C(C)CC(NCC4CC4)=N3)cc2)c1CCC. The van der Waals surface area contributed by atoms with Gasteiger partial charge in [0.05, 0.1) is 5.70 Å². The summed E-state index contributed by atoms with van der Waals surface area (Å²) in [6.45, 7) is 8.79. The second-order valence-corrected chi connectivity index (χ2v) is 11.0. The second-order valence-electron chi connectivity index (χ2n) is 11.0. The molecule has 2 aromatic rings. The number of benzene rings is 2. The molecule has 0 amide bonds. The largest absolute Gasteiger partial charge is 0.381 e. The quantitative estimate of drug-likeness (QED) is 0.330. The van der Waals surface area contributed by atoms with Crippen molar-refractivity contribution in [3.8, 4) is 0 Å². The molecule has 3 aliphatic rings. The normalized spacial score (nSPS) is 17.6. The van der Waals surface area contributed by atoms with Gasteiger partial charge in [0, 0.05) is 30.8 Å². The number of nitrogens with zero attached hydrogens (tertiary/aromatic N) is 1. The highest BCUT2D eigenvalue weighted by atomic mass is 15.0. The van der Waals surface area contributed by atoms with Crippen LogP contribution in [0.25, 0.3) is 5.70 Å². The number of hydrogen-bond acceptors (Lipinski definition) is 3. The van der Waals surface area contributed by atoms with Crippen LogP contribution in [0.2, 0.25) is 0 Å². The van der Waals surface area contributed by atoms with E-state index in [1.807, 2.05) is 0 Å². The zero-order valence-corrected chi connectivity index (χ0v) is 22.1. The molecule has 2 N–H and O–H groups in total. The van der Waals surface area contributed by atoms with E-state index in [9.17, 15) is 0 Å². The van der Waals surface area contributed by atoms with Crippen LogP contribution in [-0.2, 0) is 19.4 Å². The minimum absolute atomic E-state index is 0.758. The Morgan fingerprint density at radius 3 is 2.37 bits per heavy atom. The first-order valence-electron chi connectivity index (χ1n) is 14.1. The third kappa shape index (κ3) is 6.00. The summed E-state index contributed by atoms with van der Waals surface area (Å²) in [5.74, 6) is 2.78. The van der Waals surface area contributed by atoms with Gasteiger partial charge in [-0.15, -0.1) is 0 Å². The smallest absolute Gasteiger partial charge is 0.106 e. The topological polar surface area (TPSA) is 36.4 Å². The molecule has 3 nitrogen and oxygen atoms in total. The van der Waals surface area contributed by atoms with Crippen molar-refractivity contribution < 1.29 is 0 Å². The van der Waals surface area contributed by atoms with Crippen molar-refractivity contribution in [2.75, 3.05) is 11.9 Å². The van der Waals surface area contributed by atoms with Crippen LogP contribution in [0, 0.1) is 5.92 Å². The molecular formula is C32H43N3. The molecule has 35 heavy (non-hydrogen) atoms. The number of amidine groups is 1. The van der Waals surface area contributed by atoms with Crippen LogP contribution in [0.15, 0.2) is 47.0 Å². The maximum atomic E-state index is 4.94. The van der Waals surface area contributed by atoms with E-state index in [0.29, 0.717) is 0 Å². The van der Waals surface area contributed by atoms with Crippen molar-refractivity contribution in [1.82, 2.24) is 5.32 Å². The summed E-state index contributed by atoms with van der Waals surface area (Å²) in [6, 6.07) is 13.9. The summed E-state index contributed by atoms with van der Waals surface area (Å²) in [7, 11) is 0. The highest BCUT2D eigenvalue weighted by Gasteiger charge is 2.28. The van der Waals surface area contributed by atoms with Gasteiger partial charge in [-0.25, -0.2) is 4.99 Å². The van der Waals surface area contributed by atoms with E-state index in [1.165, 1.54) is 80.2 Å². The van der Waals surface area contributed by atoms with E-state index >= 15 is 0 Å². The molecule has 0 aromatic heterocycles. The number of hydrogen-bond donors (Lipinski definition) is 2. The van der Waals surface area contributed by atoms with Gasteiger partial charge < -0.3 is 10.6 Å². The minimum atomic E-state index is 0.758. The number of nitrogens with one attached hydrogen (secondary N) is 2. The van der Waals surface area contributed by atoms with Crippen LogP contribution in [0.5, 0.6) is 0 Å². The maximum Gasteiger partial charge on any atom is 0.106 e. The standard InChI is InChI=1S/C32H43N3/c1-4-6-8-25-17-18-29(26-15-16-26)32(28(25)7-5-2)34-21-24-11-13-27(14-12-24)31-22(3)19-30(35-31)33-20-23-9-10-23/h11-14,17-18,23,26,34H,4-10,15-16,19-21H2,1-3H3,(H,33,35). The van der Waals surface area contributed by atoms with Crippen LogP contribution >= 0.6 is 0 Å². The molecule has 2 saturated carbocycles.